The van der Waals surface area contributed by atoms with Crippen LogP contribution >= 0.6 is 11.6 Å². The minimum atomic E-state index is -1.28. The lowest BCUT2D eigenvalue weighted by atomic mass is 9.99. The number of anilines is 2. The molecular formula is C23H15ClFNO4. The van der Waals surface area contributed by atoms with Crippen LogP contribution in [0.1, 0.15) is 27.0 Å². The van der Waals surface area contributed by atoms with Crippen LogP contribution in [0, 0.1) is 12.7 Å². The van der Waals surface area contributed by atoms with Gasteiger partial charge >= 0.3 is 5.97 Å². The van der Waals surface area contributed by atoms with Crippen LogP contribution in [-0.2, 0) is 4.79 Å². The normalized spacial score (nSPS) is 14.3. The highest BCUT2D eigenvalue weighted by Gasteiger charge is 2.35. The van der Waals surface area contributed by atoms with Gasteiger partial charge in [-0.15, -0.1) is 0 Å². The molecule has 7 heteroatoms. The van der Waals surface area contributed by atoms with Gasteiger partial charge in [0.2, 0.25) is 0 Å². The molecule has 5 nitrogen and oxygen atoms in total. The van der Waals surface area contributed by atoms with E-state index in [1.807, 2.05) is 13.0 Å². The molecule has 3 aromatic rings. The third-order valence-electron chi connectivity index (χ3n) is 4.95. The van der Waals surface area contributed by atoms with Crippen LogP contribution in [-0.4, -0.2) is 22.1 Å². The molecule has 4 rings (SSSR count). The number of rotatable bonds is 3. The number of aromatic carboxylic acids is 1. The highest BCUT2D eigenvalue weighted by atomic mass is 35.5. The first kappa shape index (κ1) is 19.7. The summed E-state index contributed by atoms with van der Waals surface area (Å²) in [7, 11) is 0. The molecule has 0 aromatic heterocycles. The Morgan fingerprint density at radius 3 is 2.53 bits per heavy atom. The maximum atomic E-state index is 14.4. The zero-order valence-electron chi connectivity index (χ0n) is 15.7. The molecule has 0 radical (unpaired) electrons. The van der Waals surface area contributed by atoms with Gasteiger partial charge in [-0.25, -0.2) is 9.18 Å². The smallest absolute Gasteiger partial charge is 0.339 e. The summed E-state index contributed by atoms with van der Waals surface area (Å²) >= 11 is 6.15. The van der Waals surface area contributed by atoms with Gasteiger partial charge in [0.1, 0.15) is 17.1 Å². The highest BCUT2D eigenvalue weighted by Crippen LogP contribution is 2.45. The molecule has 1 heterocycles. The van der Waals surface area contributed by atoms with Crippen LogP contribution in [0.4, 0.5) is 15.8 Å². The number of aryl methyl sites for hydroxylation is 1. The van der Waals surface area contributed by atoms with Gasteiger partial charge in [-0.1, -0.05) is 29.8 Å². The highest BCUT2D eigenvalue weighted by molar-refractivity contribution is 6.39. The van der Waals surface area contributed by atoms with Gasteiger partial charge in [0.15, 0.2) is 0 Å². The lowest BCUT2D eigenvalue weighted by Gasteiger charge is -2.18. The van der Waals surface area contributed by atoms with E-state index in [1.165, 1.54) is 47.4 Å². The number of carbonyl (C=O) groups is 2. The first-order valence-corrected chi connectivity index (χ1v) is 9.34. The van der Waals surface area contributed by atoms with Crippen LogP contribution in [0.15, 0.2) is 54.6 Å². The van der Waals surface area contributed by atoms with Crippen molar-refractivity contribution in [2.45, 2.75) is 6.92 Å². The fourth-order valence-electron chi connectivity index (χ4n) is 3.55. The number of halogens is 2. The number of carbonyl (C=O) groups excluding carboxylic acids is 1. The van der Waals surface area contributed by atoms with E-state index in [0.717, 1.165) is 5.56 Å². The Hall–Kier alpha value is -3.64. The Bertz CT molecular complexity index is 1230. The van der Waals surface area contributed by atoms with Crippen molar-refractivity contribution in [3.63, 3.8) is 0 Å². The molecule has 30 heavy (non-hydrogen) atoms. The first-order chi connectivity index (χ1) is 14.3. The van der Waals surface area contributed by atoms with Crippen molar-refractivity contribution >= 4 is 46.5 Å². The number of fused-ring (bicyclic) bond motifs is 1. The van der Waals surface area contributed by atoms with Crippen LogP contribution in [0.2, 0.25) is 5.02 Å². The number of hydrogen-bond donors (Lipinski definition) is 2. The largest absolute Gasteiger partial charge is 0.507 e. The molecule has 0 saturated carbocycles. The van der Waals surface area contributed by atoms with Crippen molar-refractivity contribution in [1.82, 2.24) is 0 Å². The first-order valence-electron chi connectivity index (χ1n) is 8.96. The molecule has 1 amide bonds. The minimum Gasteiger partial charge on any atom is -0.507 e. The van der Waals surface area contributed by atoms with Crippen molar-refractivity contribution in [2.24, 2.45) is 0 Å². The lowest BCUT2D eigenvalue weighted by Crippen LogP contribution is -2.20. The average Bonchev–Trinajstić information content (AvgIpc) is 2.97. The van der Waals surface area contributed by atoms with E-state index < -0.39 is 23.4 Å². The zero-order valence-corrected chi connectivity index (χ0v) is 16.4. The average molecular weight is 424 g/mol. The topological polar surface area (TPSA) is 77.8 Å². The predicted octanol–water partition coefficient (Wildman–Crippen LogP) is 5.41. The molecule has 0 fully saturated rings. The van der Waals surface area contributed by atoms with Crippen LogP contribution in [0.5, 0.6) is 5.75 Å². The Labute approximate surface area is 176 Å². The number of carboxylic acid groups (broad SMARTS) is 1. The van der Waals surface area contributed by atoms with Crippen molar-refractivity contribution in [1.29, 1.82) is 0 Å². The van der Waals surface area contributed by atoms with E-state index in [2.05, 4.69) is 0 Å². The molecule has 1 aliphatic rings. The Morgan fingerprint density at radius 2 is 1.87 bits per heavy atom. The second kappa shape index (κ2) is 7.31. The summed E-state index contributed by atoms with van der Waals surface area (Å²) in [5.74, 6) is -2.74. The van der Waals surface area contributed by atoms with Gasteiger partial charge in [0, 0.05) is 17.2 Å². The summed E-state index contributed by atoms with van der Waals surface area (Å²) in [6.45, 7) is 1.83. The van der Waals surface area contributed by atoms with Gasteiger partial charge in [-0.05, 0) is 48.9 Å². The fraction of sp³-hybridized carbons (Fsp3) is 0.0435. The van der Waals surface area contributed by atoms with Gasteiger partial charge in [0.25, 0.3) is 5.91 Å². The number of benzene rings is 3. The van der Waals surface area contributed by atoms with Crippen LogP contribution in [0.3, 0.4) is 0 Å². The third kappa shape index (κ3) is 3.11. The number of amides is 1. The van der Waals surface area contributed by atoms with Crippen molar-refractivity contribution < 1.29 is 24.2 Å². The molecular weight excluding hydrogens is 409 g/mol. The van der Waals surface area contributed by atoms with Crippen LogP contribution in [0.25, 0.3) is 11.6 Å². The van der Waals surface area contributed by atoms with E-state index in [1.54, 1.807) is 12.1 Å². The number of nitrogens with zero attached hydrogens (tertiary/aromatic N) is 1. The fourth-order valence-corrected chi connectivity index (χ4v) is 3.77. The molecule has 150 valence electrons. The second-order valence-electron chi connectivity index (χ2n) is 6.81. The Balaban J connectivity index is 1.92. The Kier molecular flexibility index (Phi) is 4.79. The summed E-state index contributed by atoms with van der Waals surface area (Å²) in [5.41, 5.74) is 2.32. The lowest BCUT2D eigenvalue weighted by molar-refractivity contribution is -0.112. The van der Waals surface area contributed by atoms with Crippen molar-refractivity contribution in [2.75, 3.05) is 4.90 Å². The van der Waals surface area contributed by atoms with E-state index in [9.17, 15) is 19.1 Å². The summed E-state index contributed by atoms with van der Waals surface area (Å²) in [6, 6.07) is 13.5. The molecule has 0 spiro atoms. The van der Waals surface area contributed by atoms with Gasteiger partial charge in [-0.2, -0.15) is 0 Å². The number of aromatic hydroxyl groups is 1. The third-order valence-corrected chi connectivity index (χ3v) is 5.28. The van der Waals surface area contributed by atoms with E-state index in [-0.39, 0.29) is 27.4 Å². The summed E-state index contributed by atoms with van der Waals surface area (Å²) in [4.78, 5) is 25.9. The zero-order chi connectivity index (χ0) is 21.6. The summed E-state index contributed by atoms with van der Waals surface area (Å²) in [5, 5.41) is 19.4. The minimum absolute atomic E-state index is 0.0997. The Morgan fingerprint density at radius 1 is 1.13 bits per heavy atom. The number of hydrogen-bond acceptors (Lipinski definition) is 3. The maximum absolute atomic E-state index is 14.4. The quantitative estimate of drug-likeness (QED) is 0.552. The molecule has 3 aromatic carbocycles. The summed E-state index contributed by atoms with van der Waals surface area (Å²) in [6.07, 6.45) is 1.41. The van der Waals surface area contributed by atoms with Gasteiger partial charge in [0.05, 0.1) is 22.0 Å². The molecule has 0 atom stereocenters. The molecule has 2 N–H and O–H groups in total. The summed E-state index contributed by atoms with van der Waals surface area (Å²) < 4.78 is 14.4. The maximum Gasteiger partial charge on any atom is 0.339 e. The van der Waals surface area contributed by atoms with Crippen molar-refractivity contribution in [3.8, 4) is 5.75 Å². The SMILES string of the molecule is Cc1cccc2c1/C(=C\c1c(F)cccc1Cl)C(=O)N2c1ccc(C(=O)O)c(O)c1. The predicted molar refractivity (Wildman–Crippen MR) is 113 cm³/mol. The van der Waals surface area contributed by atoms with Gasteiger partial charge < -0.3 is 10.2 Å². The second-order valence-corrected chi connectivity index (χ2v) is 7.22. The van der Waals surface area contributed by atoms with Gasteiger partial charge in [-0.3, -0.25) is 9.69 Å². The van der Waals surface area contributed by atoms with E-state index in [0.29, 0.717) is 11.3 Å². The van der Waals surface area contributed by atoms with E-state index >= 15 is 0 Å². The molecule has 0 saturated heterocycles. The number of carboxylic acids is 1. The molecule has 0 unspecified atom stereocenters. The van der Waals surface area contributed by atoms with Crippen LogP contribution < -0.4 is 4.90 Å². The standard InChI is InChI=1S/C23H15ClFNO4/c1-12-4-2-7-19-21(12)16(11-15-17(24)5-3-6-18(15)25)22(28)26(19)13-8-9-14(23(29)30)20(27)10-13/h2-11,27H,1H3,(H,29,30)/b16-11+. The monoisotopic (exact) mass is 423 g/mol. The molecule has 0 bridgehead atoms. The van der Waals surface area contributed by atoms with Crippen molar-refractivity contribution in [3.05, 3.63) is 87.7 Å². The molecule has 0 aliphatic carbocycles. The number of phenols is 1. The van der Waals surface area contributed by atoms with E-state index in [4.69, 9.17) is 16.7 Å². The molecule has 1 aliphatic heterocycles.